The van der Waals surface area contributed by atoms with Gasteiger partial charge in [-0.2, -0.15) is 0 Å². The van der Waals surface area contributed by atoms with Gasteiger partial charge < -0.3 is 4.74 Å². The summed E-state index contributed by atoms with van der Waals surface area (Å²) in [4.78, 5) is 28.0. The first-order chi connectivity index (χ1) is 11.6. The molecule has 0 N–H and O–H groups in total. The van der Waals surface area contributed by atoms with Crippen LogP contribution in [0.5, 0.6) is 0 Å². The Balaban J connectivity index is 1.79. The Morgan fingerprint density at radius 3 is 2.79 bits per heavy atom. The molecule has 24 heavy (non-hydrogen) atoms. The maximum atomic E-state index is 13.7. The van der Waals surface area contributed by atoms with Crippen molar-refractivity contribution in [1.82, 2.24) is 9.55 Å². The smallest absolute Gasteiger partial charge is 0.326 e. The molecule has 0 saturated carbocycles. The van der Waals surface area contributed by atoms with Crippen molar-refractivity contribution in [3.63, 3.8) is 0 Å². The van der Waals surface area contributed by atoms with E-state index in [0.717, 1.165) is 6.20 Å². The monoisotopic (exact) mass is 346 g/mol. The molecule has 0 amide bonds. The Labute approximate surface area is 141 Å². The van der Waals surface area contributed by atoms with Crippen molar-refractivity contribution in [2.45, 2.75) is 13.2 Å². The van der Waals surface area contributed by atoms with Gasteiger partial charge in [0.2, 0.25) is 0 Å². The summed E-state index contributed by atoms with van der Waals surface area (Å²) in [7, 11) is 0. The van der Waals surface area contributed by atoms with Crippen LogP contribution in [0, 0.1) is 5.82 Å². The van der Waals surface area contributed by atoms with Crippen LogP contribution in [0.4, 0.5) is 4.39 Å². The van der Waals surface area contributed by atoms with E-state index in [1.54, 1.807) is 24.3 Å². The molecule has 3 aromatic rings. The van der Waals surface area contributed by atoms with Crippen LogP contribution in [0.1, 0.15) is 5.56 Å². The molecule has 7 heteroatoms. The molecule has 0 spiro atoms. The fraction of sp³-hybridized carbons (Fsp3) is 0.118. The lowest BCUT2D eigenvalue weighted by Crippen LogP contribution is -2.25. The van der Waals surface area contributed by atoms with E-state index in [-0.39, 0.29) is 23.7 Å². The van der Waals surface area contributed by atoms with Gasteiger partial charge >= 0.3 is 5.97 Å². The summed E-state index contributed by atoms with van der Waals surface area (Å²) >= 11 is 5.88. The molecule has 0 unspecified atom stereocenters. The predicted octanol–water partition coefficient (Wildman–Crippen LogP) is 2.93. The molecular formula is C17H12ClFN2O3. The van der Waals surface area contributed by atoms with Crippen molar-refractivity contribution in [3.05, 3.63) is 75.4 Å². The van der Waals surface area contributed by atoms with E-state index in [0.29, 0.717) is 11.0 Å². The Bertz CT molecular complexity index is 951. The second-order valence-electron chi connectivity index (χ2n) is 5.03. The Hall–Kier alpha value is -2.73. The third-order valence-electron chi connectivity index (χ3n) is 3.48. The first-order valence-electron chi connectivity index (χ1n) is 7.09. The zero-order chi connectivity index (χ0) is 17.1. The number of nitrogens with zero attached hydrogens (tertiary/aromatic N) is 2. The Morgan fingerprint density at radius 2 is 2.00 bits per heavy atom. The van der Waals surface area contributed by atoms with Crippen LogP contribution < -0.4 is 5.56 Å². The molecule has 0 fully saturated rings. The molecule has 0 saturated heterocycles. The number of ether oxygens (including phenoxy) is 1. The standard InChI is InChI=1S/C17H12ClFN2O3/c18-12-4-3-5-13(19)11(12)10-24-17(23)9-21-15-7-2-1-6-14(15)20-8-16(21)22/h1-8H,9-10H2. The summed E-state index contributed by atoms with van der Waals surface area (Å²) in [5.74, 6) is -1.23. The number of hydrogen-bond donors (Lipinski definition) is 0. The number of halogens is 2. The van der Waals surface area contributed by atoms with E-state index in [2.05, 4.69) is 4.98 Å². The van der Waals surface area contributed by atoms with Crippen LogP contribution >= 0.6 is 11.6 Å². The minimum atomic E-state index is -0.673. The van der Waals surface area contributed by atoms with Crippen molar-refractivity contribution >= 4 is 28.6 Å². The number of hydrogen-bond acceptors (Lipinski definition) is 4. The van der Waals surface area contributed by atoms with Gasteiger partial charge in [0.05, 0.1) is 22.3 Å². The summed E-state index contributed by atoms with van der Waals surface area (Å²) in [6, 6.07) is 11.1. The number of rotatable bonds is 4. The van der Waals surface area contributed by atoms with Gasteiger partial charge in [-0.25, -0.2) is 9.37 Å². The van der Waals surface area contributed by atoms with Crippen molar-refractivity contribution in [2.24, 2.45) is 0 Å². The first-order valence-corrected chi connectivity index (χ1v) is 7.47. The zero-order valence-electron chi connectivity index (χ0n) is 12.4. The predicted molar refractivity (Wildman–Crippen MR) is 87.2 cm³/mol. The highest BCUT2D eigenvalue weighted by atomic mass is 35.5. The molecule has 1 aromatic heterocycles. The van der Waals surface area contributed by atoms with Crippen LogP contribution in [0.3, 0.4) is 0 Å². The highest BCUT2D eigenvalue weighted by Gasteiger charge is 2.13. The Kier molecular flexibility index (Phi) is 4.57. The number of fused-ring (bicyclic) bond motifs is 1. The van der Waals surface area contributed by atoms with E-state index in [9.17, 15) is 14.0 Å². The number of aromatic nitrogens is 2. The average Bonchev–Trinajstić information content (AvgIpc) is 2.57. The number of carbonyl (C=O) groups excluding carboxylic acids is 1. The molecule has 0 bridgehead atoms. The van der Waals surface area contributed by atoms with E-state index >= 15 is 0 Å². The zero-order valence-corrected chi connectivity index (χ0v) is 13.2. The molecule has 122 valence electrons. The van der Waals surface area contributed by atoms with Crippen LogP contribution in [0.2, 0.25) is 5.02 Å². The molecule has 0 aliphatic heterocycles. The molecular weight excluding hydrogens is 335 g/mol. The lowest BCUT2D eigenvalue weighted by Gasteiger charge is -2.10. The molecule has 0 aliphatic carbocycles. The molecule has 0 atom stereocenters. The van der Waals surface area contributed by atoms with Gasteiger partial charge in [0.15, 0.2) is 0 Å². The normalized spacial score (nSPS) is 10.8. The second-order valence-corrected chi connectivity index (χ2v) is 5.44. The van der Waals surface area contributed by atoms with Crippen molar-refractivity contribution in [2.75, 3.05) is 0 Å². The third-order valence-corrected chi connectivity index (χ3v) is 3.83. The van der Waals surface area contributed by atoms with Gasteiger partial charge in [0.1, 0.15) is 19.0 Å². The number of para-hydroxylation sites is 2. The van der Waals surface area contributed by atoms with Crippen LogP contribution in [0.15, 0.2) is 53.5 Å². The summed E-state index contributed by atoms with van der Waals surface area (Å²) in [5.41, 5.74) is 0.780. The fourth-order valence-corrected chi connectivity index (χ4v) is 2.49. The largest absolute Gasteiger partial charge is 0.459 e. The molecule has 2 aromatic carbocycles. The van der Waals surface area contributed by atoms with E-state index in [1.165, 1.54) is 22.8 Å². The second kappa shape index (κ2) is 6.80. The van der Waals surface area contributed by atoms with E-state index < -0.39 is 17.3 Å². The van der Waals surface area contributed by atoms with Gasteiger partial charge in [-0.1, -0.05) is 29.8 Å². The topological polar surface area (TPSA) is 61.2 Å². The summed E-state index contributed by atoms with van der Waals surface area (Å²) in [6.45, 7) is -0.601. The van der Waals surface area contributed by atoms with Gasteiger partial charge in [-0.15, -0.1) is 0 Å². The third kappa shape index (κ3) is 3.28. The van der Waals surface area contributed by atoms with Gasteiger partial charge in [0, 0.05) is 5.56 Å². The molecule has 5 nitrogen and oxygen atoms in total. The summed E-state index contributed by atoms with van der Waals surface area (Å²) in [5, 5.41) is 0.175. The van der Waals surface area contributed by atoms with Crippen LogP contribution in [-0.4, -0.2) is 15.5 Å². The quantitative estimate of drug-likeness (QED) is 0.681. The lowest BCUT2D eigenvalue weighted by molar-refractivity contribution is -0.145. The first kappa shape index (κ1) is 16.1. The molecule has 0 radical (unpaired) electrons. The molecule has 0 aliphatic rings. The highest BCUT2D eigenvalue weighted by molar-refractivity contribution is 6.31. The lowest BCUT2D eigenvalue weighted by atomic mass is 10.2. The minimum Gasteiger partial charge on any atom is -0.459 e. The average molecular weight is 347 g/mol. The van der Waals surface area contributed by atoms with Crippen molar-refractivity contribution in [1.29, 1.82) is 0 Å². The summed E-state index contributed by atoms with van der Waals surface area (Å²) < 4.78 is 20.0. The van der Waals surface area contributed by atoms with Crippen LogP contribution in [0.25, 0.3) is 11.0 Å². The fourth-order valence-electron chi connectivity index (χ4n) is 2.28. The minimum absolute atomic E-state index is 0.0967. The van der Waals surface area contributed by atoms with Crippen molar-refractivity contribution < 1.29 is 13.9 Å². The number of benzene rings is 2. The van der Waals surface area contributed by atoms with Crippen molar-refractivity contribution in [3.8, 4) is 0 Å². The summed E-state index contributed by atoms with van der Waals surface area (Å²) in [6.07, 6.45) is 1.14. The van der Waals surface area contributed by atoms with E-state index in [1.807, 2.05) is 0 Å². The number of esters is 1. The molecule has 1 heterocycles. The van der Waals surface area contributed by atoms with Gasteiger partial charge in [-0.05, 0) is 24.3 Å². The maximum absolute atomic E-state index is 13.7. The SMILES string of the molecule is O=C(Cn1c(=O)cnc2ccccc21)OCc1c(F)cccc1Cl. The highest BCUT2D eigenvalue weighted by Crippen LogP contribution is 2.19. The molecule has 3 rings (SSSR count). The van der Waals surface area contributed by atoms with Gasteiger partial charge in [-0.3, -0.25) is 14.2 Å². The maximum Gasteiger partial charge on any atom is 0.326 e. The Morgan fingerprint density at radius 1 is 1.21 bits per heavy atom. The van der Waals surface area contributed by atoms with Gasteiger partial charge in [0.25, 0.3) is 5.56 Å². The van der Waals surface area contributed by atoms with E-state index in [4.69, 9.17) is 16.3 Å². The number of carbonyl (C=O) groups is 1. The van der Waals surface area contributed by atoms with Crippen LogP contribution in [-0.2, 0) is 22.7 Å².